The molecule has 3 saturated carbocycles. The fraction of sp³-hybridized carbons (Fsp3) is 0.879. The van der Waals surface area contributed by atoms with Crippen LogP contribution in [0.1, 0.15) is 106 Å². The number of unbranched alkanes of at least 4 members (excludes halogenated alkanes) is 1. The zero-order chi connectivity index (χ0) is 28.6. The van der Waals surface area contributed by atoms with Crippen LogP contribution in [0.2, 0.25) is 36.3 Å². The Morgan fingerprint density at radius 3 is 2.13 bits per heavy atom. The van der Waals surface area contributed by atoms with Crippen LogP contribution in [0.4, 0.5) is 0 Å². The topological polar surface area (TPSA) is 38.7 Å². The lowest BCUT2D eigenvalue weighted by Gasteiger charge is -2.55. The van der Waals surface area contributed by atoms with Crippen LogP contribution in [0.5, 0.6) is 0 Å². The van der Waals surface area contributed by atoms with Crippen molar-refractivity contribution in [1.29, 1.82) is 0 Å². The second-order valence-electron chi connectivity index (χ2n) is 15.8. The summed E-state index contributed by atoms with van der Waals surface area (Å²) in [6.45, 7) is 26.4. The molecule has 3 rings (SSSR count). The molecular weight excluding hydrogens is 501 g/mol. The van der Waals surface area contributed by atoms with Gasteiger partial charge in [-0.05, 0) is 92.5 Å². The minimum Gasteiger partial charge on any atom is -0.413 e. The van der Waals surface area contributed by atoms with Gasteiger partial charge in [0.25, 0.3) is 0 Å². The summed E-state index contributed by atoms with van der Waals surface area (Å²) in [7, 11) is -3.75. The molecule has 0 spiro atoms. The van der Waals surface area contributed by atoms with E-state index < -0.39 is 16.6 Å². The minimum atomic E-state index is -1.89. The molecule has 1 N–H and O–H groups in total. The highest BCUT2D eigenvalue weighted by atomic mass is 28.4. The molecule has 3 fully saturated rings. The van der Waals surface area contributed by atoms with E-state index in [-0.39, 0.29) is 28.4 Å². The van der Waals surface area contributed by atoms with Gasteiger partial charge in [-0.25, -0.2) is 0 Å². The van der Waals surface area contributed by atoms with Crippen LogP contribution in [-0.4, -0.2) is 40.1 Å². The van der Waals surface area contributed by atoms with Crippen LogP contribution in [0.25, 0.3) is 0 Å². The number of fused-ring (bicyclic) bond motifs is 1. The van der Waals surface area contributed by atoms with E-state index in [1.165, 1.54) is 19.3 Å². The lowest BCUT2D eigenvalue weighted by molar-refractivity contribution is -0.00744. The van der Waals surface area contributed by atoms with Gasteiger partial charge in [0, 0.05) is 18.9 Å². The molecule has 0 radical (unpaired) electrons. The number of aliphatic hydroxyl groups is 1. The van der Waals surface area contributed by atoms with E-state index in [1.807, 2.05) is 0 Å². The molecule has 0 amide bonds. The van der Waals surface area contributed by atoms with Gasteiger partial charge in [0.15, 0.2) is 16.6 Å². The van der Waals surface area contributed by atoms with Gasteiger partial charge in [0.1, 0.15) is 0 Å². The van der Waals surface area contributed by atoms with E-state index in [4.69, 9.17) is 8.85 Å². The molecule has 3 aliphatic rings. The van der Waals surface area contributed by atoms with Crippen LogP contribution in [0.3, 0.4) is 0 Å². The Hall–Kier alpha value is -0.386. The third kappa shape index (κ3) is 6.90. The smallest absolute Gasteiger partial charge is 0.192 e. The van der Waals surface area contributed by atoms with Crippen LogP contribution in [0, 0.1) is 35.5 Å². The molecule has 5 unspecified atom stereocenters. The Labute approximate surface area is 238 Å². The minimum absolute atomic E-state index is 0.0551. The number of hydrogen-bond acceptors (Lipinski definition) is 3. The van der Waals surface area contributed by atoms with E-state index in [0.29, 0.717) is 23.7 Å². The van der Waals surface area contributed by atoms with Crippen LogP contribution in [0.15, 0.2) is 11.6 Å². The fourth-order valence-corrected chi connectivity index (χ4v) is 9.68. The second kappa shape index (κ2) is 11.8. The van der Waals surface area contributed by atoms with Crippen LogP contribution >= 0.6 is 0 Å². The molecule has 5 heteroatoms. The predicted molar refractivity (Wildman–Crippen MR) is 167 cm³/mol. The van der Waals surface area contributed by atoms with Gasteiger partial charge in [0.2, 0.25) is 0 Å². The number of rotatable bonds is 8. The number of aliphatic hydroxyl groups excluding tert-OH is 1. The van der Waals surface area contributed by atoms with Gasteiger partial charge in [-0.2, -0.15) is 0 Å². The molecule has 0 aromatic carbocycles. The largest absolute Gasteiger partial charge is 0.413 e. The molecule has 0 bridgehead atoms. The first-order valence-corrected chi connectivity index (χ1v) is 21.4. The van der Waals surface area contributed by atoms with Crippen molar-refractivity contribution in [2.24, 2.45) is 23.7 Å². The van der Waals surface area contributed by atoms with Crippen molar-refractivity contribution in [3.63, 3.8) is 0 Å². The summed E-state index contributed by atoms with van der Waals surface area (Å²) in [5.74, 6) is 9.76. The number of hydrogen-bond donors (Lipinski definition) is 1. The second-order valence-corrected chi connectivity index (χ2v) is 25.3. The highest BCUT2D eigenvalue weighted by Gasteiger charge is 2.53. The van der Waals surface area contributed by atoms with Crippen molar-refractivity contribution in [2.45, 2.75) is 154 Å². The van der Waals surface area contributed by atoms with Crippen LogP contribution in [-0.2, 0) is 8.85 Å². The van der Waals surface area contributed by atoms with E-state index in [0.717, 1.165) is 38.5 Å². The zero-order valence-corrected chi connectivity index (χ0v) is 28.8. The van der Waals surface area contributed by atoms with Crippen molar-refractivity contribution in [2.75, 3.05) is 6.61 Å². The Balaban J connectivity index is 1.86. The molecule has 3 nitrogen and oxygen atoms in total. The predicted octanol–water partition coefficient (Wildman–Crippen LogP) is 9.10. The first kappa shape index (κ1) is 32.1. The third-order valence-electron chi connectivity index (χ3n) is 11.0. The highest BCUT2D eigenvalue weighted by Crippen LogP contribution is 2.57. The number of allylic oxidation sites excluding steroid dienone is 2. The molecule has 0 heterocycles. The summed E-state index contributed by atoms with van der Waals surface area (Å²) in [6.07, 6.45) is 12.6. The quantitative estimate of drug-likeness (QED) is 0.139. The van der Waals surface area contributed by atoms with E-state index in [9.17, 15) is 5.11 Å². The van der Waals surface area contributed by atoms with Crippen molar-refractivity contribution in [3.8, 4) is 11.8 Å². The molecule has 218 valence electrons. The average molecular weight is 561 g/mol. The maximum Gasteiger partial charge on any atom is 0.192 e. The van der Waals surface area contributed by atoms with Gasteiger partial charge in [-0.1, -0.05) is 84.8 Å². The molecule has 0 saturated heterocycles. The summed E-state index contributed by atoms with van der Waals surface area (Å²) >= 11 is 0. The van der Waals surface area contributed by atoms with Gasteiger partial charge >= 0.3 is 0 Å². The normalized spacial score (nSPS) is 30.9. The molecule has 0 aromatic rings. The maximum absolute atomic E-state index is 9.27. The van der Waals surface area contributed by atoms with Gasteiger partial charge in [-0.3, -0.25) is 0 Å². The van der Waals surface area contributed by atoms with E-state index in [1.54, 1.807) is 5.57 Å². The monoisotopic (exact) mass is 560 g/mol. The fourth-order valence-electron chi connectivity index (χ4n) is 6.64. The van der Waals surface area contributed by atoms with Gasteiger partial charge < -0.3 is 14.0 Å². The summed E-state index contributed by atoms with van der Waals surface area (Å²) in [4.78, 5) is 0. The summed E-state index contributed by atoms with van der Waals surface area (Å²) < 4.78 is 14.3. The summed E-state index contributed by atoms with van der Waals surface area (Å²) in [5.41, 5.74) is 1.56. The summed E-state index contributed by atoms with van der Waals surface area (Å²) in [6, 6.07) is 0. The van der Waals surface area contributed by atoms with Gasteiger partial charge in [-0.15, -0.1) is 0 Å². The lowest BCUT2D eigenvalue weighted by atomic mass is 9.51. The van der Waals surface area contributed by atoms with Crippen molar-refractivity contribution in [3.05, 3.63) is 11.6 Å². The Kier molecular flexibility index (Phi) is 10.0. The van der Waals surface area contributed by atoms with Crippen molar-refractivity contribution >= 4 is 16.6 Å². The third-order valence-corrected chi connectivity index (χ3v) is 20.1. The van der Waals surface area contributed by atoms with Crippen molar-refractivity contribution in [1.82, 2.24) is 0 Å². The average Bonchev–Trinajstić information content (AvgIpc) is 3.23. The SMILES string of the molecule is CC1/C(=C/CCCO)C2CCC(O[Si](C)(C)C(C)(C)C)C(C#CCC3(O[Si](C)(C)C(C)(C)C)CCCC3)C12. The lowest BCUT2D eigenvalue weighted by Crippen LogP contribution is -2.54. The Bertz CT molecular complexity index is 890. The molecule has 3 aliphatic carbocycles. The molecule has 5 atom stereocenters. The standard InChI is InChI=1S/C33H60O3Si2/c1-25-26(17-12-15-24-34)27-19-20-29(35-37(8,9)31(2,3)4)28(30(25)27)18-16-23-33(21-13-14-22-33)36-38(10,11)32(5,6)7/h17,25,27-30,34H,12-15,19-24H2,1-11H3/b26-17-. The van der Waals surface area contributed by atoms with Gasteiger partial charge in [0.05, 0.1) is 11.7 Å². The molecule has 38 heavy (non-hydrogen) atoms. The molecule has 0 aliphatic heterocycles. The Morgan fingerprint density at radius 1 is 0.974 bits per heavy atom. The zero-order valence-electron chi connectivity index (χ0n) is 26.8. The Morgan fingerprint density at radius 2 is 1.58 bits per heavy atom. The van der Waals surface area contributed by atoms with E-state index in [2.05, 4.69) is 92.6 Å². The first-order chi connectivity index (χ1) is 17.4. The van der Waals surface area contributed by atoms with Crippen LogP contribution < -0.4 is 0 Å². The molecular formula is C33H60O3Si2. The maximum atomic E-state index is 9.27. The molecule has 0 aromatic heterocycles. The highest BCUT2D eigenvalue weighted by molar-refractivity contribution is 6.74. The first-order valence-electron chi connectivity index (χ1n) is 15.6. The summed E-state index contributed by atoms with van der Waals surface area (Å²) in [5, 5.41) is 9.69. The van der Waals surface area contributed by atoms with Crippen molar-refractivity contribution < 1.29 is 14.0 Å². The van der Waals surface area contributed by atoms with E-state index >= 15 is 0 Å².